The number of hydrogen-bond acceptors (Lipinski definition) is 4. The molecule has 1 fully saturated rings. The summed E-state index contributed by atoms with van der Waals surface area (Å²) in [6, 6.07) is 0.454. The number of hydrogen-bond donors (Lipinski definition) is 3. The minimum atomic E-state index is -0.179. The molecule has 0 aromatic heterocycles. The Kier molecular flexibility index (Phi) is 8.16. The molecule has 6 heteroatoms. The smallest absolute Gasteiger partial charge is 0.239 e. The first-order valence-corrected chi connectivity index (χ1v) is 6.98. The quantitative estimate of drug-likeness (QED) is 0.534. The molecule has 1 atom stereocenters. The Hall–Kier alpha value is -1.14. The molecule has 1 heterocycles. The third-order valence-electron chi connectivity index (χ3n) is 3.21. The summed E-state index contributed by atoms with van der Waals surface area (Å²) in [7, 11) is 1.58. The molecule has 1 aliphatic heterocycles. The van der Waals surface area contributed by atoms with E-state index in [1.165, 1.54) is 12.8 Å². The molecular weight excluding hydrogens is 246 g/mol. The van der Waals surface area contributed by atoms with Crippen LogP contribution in [0.15, 0.2) is 0 Å². The first kappa shape index (κ1) is 15.9. The lowest BCUT2D eigenvalue weighted by Crippen LogP contribution is -2.39. The minimum absolute atomic E-state index is 0.0423. The molecule has 2 amide bonds. The number of carbonyl (C=O) groups is 2. The second kappa shape index (κ2) is 9.75. The van der Waals surface area contributed by atoms with Crippen LogP contribution in [0.5, 0.6) is 0 Å². The predicted molar refractivity (Wildman–Crippen MR) is 72.8 cm³/mol. The van der Waals surface area contributed by atoms with Crippen molar-refractivity contribution in [3.63, 3.8) is 0 Å². The maximum Gasteiger partial charge on any atom is 0.239 e. The van der Waals surface area contributed by atoms with E-state index in [0.717, 1.165) is 19.4 Å². The molecular formula is C13H25N3O3. The third-order valence-corrected chi connectivity index (χ3v) is 3.21. The maximum absolute atomic E-state index is 11.6. The molecule has 1 unspecified atom stereocenters. The van der Waals surface area contributed by atoms with E-state index in [4.69, 9.17) is 4.74 Å². The number of carbonyl (C=O) groups excluding carboxylic acids is 2. The molecule has 0 bridgehead atoms. The Morgan fingerprint density at radius 2 is 2.11 bits per heavy atom. The summed E-state index contributed by atoms with van der Waals surface area (Å²) in [6.45, 7) is 2.04. The molecule has 3 N–H and O–H groups in total. The summed E-state index contributed by atoms with van der Waals surface area (Å²) in [5, 5.41) is 8.68. The average molecular weight is 271 g/mol. The summed E-state index contributed by atoms with van der Waals surface area (Å²) in [6.07, 6.45) is 4.93. The van der Waals surface area contributed by atoms with E-state index in [0.29, 0.717) is 25.6 Å². The molecule has 19 heavy (non-hydrogen) atoms. The number of nitrogens with one attached hydrogen (secondary N) is 3. The van der Waals surface area contributed by atoms with Crippen LogP contribution in [0.4, 0.5) is 0 Å². The van der Waals surface area contributed by atoms with Crippen LogP contribution in [-0.2, 0) is 14.3 Å². The lowest BCUT2D eigenvalue weighted by molar-refractivity contribution is -0.126. The van der Waals surface area contributed by atoms with Gasteiger partial charge in [0, 0.05) is 26.1 Å². The fourth-order valence-corrected chi connectivity index (χ4v) is 2.10. The van der Waals surface area contributed by atoms with Crippen molar-refractivity contribution in [1.29, 1.82) is 0 Å². The van der Waals surface area contributed by atoms with Crippen molar-refractivity contribution in [1.82, 2.24) is 16.0 Å². The zero-order valence-corrected chi connectivity index (χ0v) is 11.7. The number of piperidine rings is 1. The van der Waals surface area contributed by atoms with E-state index in [-0.39, 0.29) is 18.4 Å². The predicted octanol–water partition coefficient (Wildman–Crippen LogP) is -0.212. The van der Waals surface area contributed by atoms with E-state index < -0.39 is 0 Å². The van der Waals surface area contributed by atoms with Crippen LogP contribution < -0.4 is 16.0 Å². The largest absolute Gasteiger partial charge is 0.383 e. The van der Waals surface area contributed by atoms with Gasteiger partial charge in [-0.15, -0.1) is 0 Å². The van der Waals surface area contributed by atoms with Crippen molar-refractivity contribution in [2.75, 3.05) is 33.4 Å². The van der Waals surface area contributed by atoms with E-state index in [1.54, 1.807) is 7.11 Å². The highest BCUT2D eigenvalue weighted by molar-refractivity contribution is 5.84. The number of ether oxygens (including phenoxy) is 1. The van der Waals surface area contributed by atoms with Gasteiger partial charge in [0.2, 0.25) is 11.8 Å². The van der Waals surface area contributed by atoms with Gasteiger partial charge in [-0.25, -0.2) is 0 Å². The van der Waals surface area contributed by atoms with Crippen LogP contribution in [0.3, 0.4) is 0 Å². The summed E-state index contributed by atoms with van der Waals surface area (Å²) in [5.74, 6) is -0.240. The zero-order chi connectivity index (χ0) is 13.9. The van der Waals surface area contributed by atoms with Gasteiger partial charge in [0.1, 0.15) is 0 Å². The first-order chi connectivity index (χ1) is 9.22. The minimum Gasteiger partial charge on any atom is -0.383 e. The number of methoxy groups -OCH3 is 1. The van der Waals surface area contributed by atoms with Gasteiger partial charge < -0.3 is 20.7 Å². The molecule has 1 saturated heterocycles. The molecule has 0 radical (unpaired) electrons. The lowest BCUT2D eigenvalue weighted by atomic mass is 10.0. The Morgan fingerprint density at radius 3 is 2.79 bits per heavy atom. The second-order valence-electron chi connectivity index (χ2n) is 4.80. The van der Waals surface area contributed by atoms with Crippen LogP contribution in [0.1, 0.15) is 32.1 Å². The Labute approximate surface area is 114 Å². The van der Waals surface area contributed by atoms with Gasteiger partial charge in [-0.1, -0.05) is 6.42 Å². The first-order valence-electron chi connectivity index (χ1n) is 6.98. The van der Waals surface area contributed by atoms with E-state index in [1.807, 2.05) is 0 Å². The highest BCUT2D eigenvalue weighted by atomic mass is 16.5. The molecule has 6 nitrogen and oxygen atoms in total. The fourth-order valence-electron chi connectivity index (χ4n) is 2.10. The summed E-state index contributed by atoms with van der Waals surface area (Å²) in [5.41, 5.74) is 0. The van der Waals surface area contributed by atoms with Crippen LogP contribution in [0.2, 0.25) is 0 Å². The Bertz CT molecular complexity index is 278. The maximum atomic E-state index is 11.6. The van der Waals surface area contributed by atoms with Crippen LogP contribution >= 0.6 is 0 Å². The molecule has 0 saturated carbocycles. The van der Waals surface area contributed by atoms with Crippen molar-refractivity contribution >= 4 is 11.8 Å². The summed E-state index contributed by atoms with van der Waals surface area (Å²) in [4.78, 5) is 22.9. The highest BCUT2D eigenvalue weighted by Gasteiger charge is 2.14. The zero-order valence-electron chi connectivity index (χ0n) is 11.7. The number of rotatable bonds is 8. The average Bonchev–Trinajstić information content (AvgIpc) is 2.44. The van der Waals surface area contributed by atoms with E-state index in [2.05, 4.69) is 16.0 Å². The van der Waals surface area contributed by atoms with Crippen LogP contribution in [0.25, 0.3) is 0 Å². The van der Waals surface area contributed by atoms with Crippen LogP contribution in [-0.4, -0.2) is 51.2 Å². The topological polar surface area (TPSA) is 79.5 Å². The SMILES string of the molecule is COCCNC(=O)CNC(=O)CCC1CCCCN1. The molecule has 110 valence electrons. The van der Waals surface area contributed by atoms with Crippen molar-refractivity contribution in [3.05, 3.63) is 0 Å². The van der Waals surface area contributed by atoms with Gasteiger partial charge in [0.05, 0.1) is 13.2 Å². The summed E-state index contributed by atoms with van der Waals surface area (Å²) < 4.78 is 4.81. The Balaban J connectivity index is 2.02. The van der Waals surface area contributed by atoms with Gasteiger partial charge in [-0.2, -0.15) is 0 Å². The molecule has 1 rings (SSSR count). The second-order valence-corrected chi connectivity index (χ2v) is 4.80. The van der Waals surface area contributed by atoms with Gasteiger partial charge in [-0.3, -0.25) is 9.59 Å². The van der Waals surface area contributed by atoms with Crippen molar-refractivity contribution < 1.29 is 14.3 Å². The van der Waals surface area contributed by atoms with E-state index >= 15 is 0 Å². The van der Waals surface area contributed by atoms with Gasteiger partial charge >= 0.3 is 0 Å². The molecule has 0 spiro atoms. The van der Waals surface area contributed by atoms with Crippen molar-refractivity contribution in [2.24, 2.45) is 0 Å². The van der Waals surface area contributed by atoms with Crippen molar-refractivity contribution in [3.8, 4) is 0 Å². The van der Waals surface area contributed by atoms with E-state index in [9.17, 15) is 9.59 Å². The monoisotopic (exact) mass is 271 g/mol. The Morgan fingerprint density at radius 1 is 1.26 bits per heavy atom. The molecule has 0 aromatic carbocycles. The van der Waals surface area contributed by atoms with Gasteiger partial charge in [0.25, 0.3) is 0 Å². The normalized spacial score (nSPS) is 18.9. The van der Waals surface area contributed by atoms with Crippen molar-refractivity contribution in [2.45, 2.75) is 38.1 Å². The highest BCUT2D eigenvalue weighted by Crippen LogP contribution is 2.11. The molecule has 1 aliphatic rings. The van der Waals surface area contributed by atoms with Crippen LogP contribution in [0, 0.1) is 0 Å². The fraction of sp³-hybridized carbons (Fsp3) is 0.846. The number of amides is 2. The standard InChI is InChI=1S/C13H25N3O3/c1-19-9-8-15-13(18)10-16-12(17)6-5-11-4-2-3-7-14-11/h11,14H,2-10H2,1H3,(H,15,18)(H,16,17). The molecule has 0 aliphatic carbocycles. The van der Waals surface area contributed by atoms with Gasteiger partial charge in [0.15, 0.2) is 0 Å². The molecule has 0 aromatic rings. The lowest BCUT2D eigenvalue weighted by Gasteiger charge is -2.22. The van der Waals surface area contributed by atoms with Gasteiger partial charge in [-0.05, 0) is 25.8 Å². The summed E-state index contributed by atoms with van der Waals surface area (Å²) >= 11 is 0. The third kappa shape index (κ3) is 7.79.